The van der Waals surface area contributed by atoms with E-state index in [1.807, 2.05) is 0 Å². The Labute approximate surface area is 254 Å². The van der Waals surface area contributed by atoms with Gasteiger partial charge in [0.1, 0.15) is 23.2 Å². The molecule has 0 unspecified atom stereocenters. The molecule has 1 heterocycles. The van der Waals surface area contributed by atoms with E-state index in [-0.39, 0.29) is 52.7 Å². The van der Waals surface area contributed by atoms with Crippen molar-refractivity contribution in [2.24, 2.45) is 5.16 Å². The van der Waals surface area contributed by atoms with Crippen LogP contribution in [0.3, 0.4) is 0 Å². The van der Waals surface area contributed by atoms with Gasteiger partial charge in [0.05, 0.1) is 41.9 Å². The number of carbonyl (C=O) groups is 2. The number of fused-ring (bicyclic) bond motifs is 1. The summed E-state index contributed by atoms with van der Waals surface area (Å²) in [6.07, 6.45) is -5.78. The minimum atomic E-state index is -4.81. The molecule has 0 saturated carbocycles. The molecule has 1 aliphatic heterocycles. The van der Waals surface area contributed by atoms with Crippen molar-refractivity contribution in [3.63, 3.8) is 0 Å². The number of oxime groups is 1. The number of nitrogens with zero attached hydrogens (tertiary/aromatic N) is 2. The Kier molecular flexibility index (Phi) is 9.59. The summed E-state index contributed by atoms with van der Waals surface area (Å²) in [7, 11) is -2.14. The number of hydrogen-bond donors (Lipinski definition) is 2. The van der Waals surface area contributed by atoms with E-state index in [1.54, 1.807) is 6.07 Å². The Bertz CT molecular complexity index is 1720. The summed E-state index contributed by atoms with van der Waals surface area (Å²) in [5, 5.41) is 15.3. The van der Waals surface area contributed by atoms with Gasteiger partial charge in [0.2, 0.25) is 0 Å². The van der Waals surface area contributed by atoms with Crippen LogP contribution in [0.5, 0.6) is 11.5 Å². The average molecular weight is 656 g/mol. The fourth-order valence-electron chi connectivity index (χ4n) is 4.40. The molecule has 0 fully saturated rings. The molecule has 16 heteroatoms. The molecule has 3 aromatic carbocycles. The summed E-state index contributed by atoms with van der Waals surface area (Å²) < 4.78 is 84.5. The number of amidine groups is 1. The third-order valence-corrected chi connectivity index (χ3v) is 8.66. The highest BCUT2D eigenvalue weighted by molar-refractivity contribution is 7.92. The first-order chi connectivity index (χ1) is 20.8. The van der Waals surface area contributed by atoms with Gasteiger partial charge in [-0.2, -0.15) is 13.2 Å². The second kappa shape index (κ2) is 13.0. The summed E-state index contributed by atoms with van der Waals surface area (Å²) in [5.41, 5.74) is -1.36. The van der Waals surface area contributed by atoms with Crippen LogP contribution >= 0.6 is 11.6 Å². The van der Waals surface area contributed by atoms with E-state index >= 15 is 0 Å². The lowest BCUT2D eigenvalue weighted by Gasteiger charge is -2.36. The third-order valence-electron chi connectivity index (χ3n) is 6.57. The van der Waals surface area contributed by atoms with Crippen LogP contribution in [-0.2, 0) is 25.7 Å². The van der Waals surface area contributed by atoms with Crippen LogP contribution in [0, 0.1) is 0 Å². The van der Waals surface area contributed by atoms with Crippen molar-refractivity contribution in [2.75, 3.05) is 25.1 Å². The maximum Gasteiger partial charge on any atom is 0.416 e. The minimum Gasteiger partial charge on any atom is -0.496 e. The molecule has 0 saturated heterocycles. The molecule has 4 rings (SSSR count). The van der Waals surface area contributed by atoms with Crippen LogP contribution < -0.4 is 19.1 Å². The number of esters is 1. The number of ether oxygens (including phenoxy) is 3. The lowest BCUT2D eigenvalue weighted by Crippen LogP contribution is -2.44. The number of carbonyl (C=O) groups excluding carboxylic acids is 2. The number of sulfonamides is 1. The van der Waals surface area contributed by atoms with Crippen LogP contribution in [0.25, 0.3) is 0 Å². The van der Waals surface area contributed by atoms with Crippen molar-refractivity contribution >= 4 is 45.0 Å². The number of methoxy groups -OCH3 is 2. The highest BCUT2D eigenvalue weighted by atomic mass is 35.5. The largest absolute Gasteiger partial charge is 0.496 e. The molecule has 3 aromatic rings. The van der Waals surface area contributed by atoms with Crippen molar-refractivity contribution in [2.45, 2.75) is 30.0 Å². The number of nitrogens with one attached hydrogen (secondary N) is 1. The molecule has 0 spiro atoms. The van der Waals surface area contributed by atoms with Gasteiger partial charge in [-0.3, -0.25) is 13.9 Å². The van der Waals surface area contributed by atoms with Crippen LogP contribution in [0.4, 0.5) is 18.9 Å². The number of hydrogen-bond acceptors (Lipinski definition) is 9. The predicted molar refractivity (Wildman–Crippen MR) is 152 cm³/mol. The van der Waals surface area contributed by atoms with Crippen molar-refractivity contribution in [1.82, 2.24) is 5.32 Å². The first-order valence-electron chi connectivity index (χ1n) is 12.7. The van der Waals surface area contributed by atoms with Crippen molar-refractivity contribution in [3.05, 3.63) is 82.4 Å². The van der Waals surface area contributed by atoms with Crippen LogP contribution in [0.1, 0.15) is 34.3 Å². The van der Waals surface area contributed by atoms with Gasteiger partial charge in [-0.1, -0.05) is 28.9 Å². The standard InChI is InChI=1S/C28H25ClF3N3O8S/c1-41-23-8-4-7-20(29)25(23)27(37)33-26(34-38)16-9-11-22-21(13-16)35(15-18(43-22)10-12-24(36)42-2)44(39,40)19-6-3-5-17(14-19)28(30,31)32/h3-9,11,13-14,18,38H,10,12,15H2,1-2H3,(H,33,34,37)/t18-/m0/s1. The lowest BCUT2D eigenvalue weighted by atomic mass is 10.1. The molecule has 1 amide bonds. The highest BCUT2D eigenvalue weighted by Gasteiger charge is 2.37. The number of anilines is 1. The maximum absolute atomic E-state index is 13.8. The van der Waals surface area contributed by atoms with E-state index in [2.05, 4.69) is 15.2 Å². The first-order valence-corrected chi connectivity index (χ1v) is 14.6. The summed E-state index contributed by atoms with van der Waals surface area (Å²) >= 11 is 6.17. The van der Waals surface area contributed by atoms with Crippen LogP contribution in [0.15, 0.2) is 70.7 Å². The second-order valence-corrected chi connectivity index (χ2v) is 11.6. The lowest BCUT2D eigenvalue weighted by molar-refractivity contribution is -0.141. The van der Waals surface area contributed by atoms with Crippen molar-refractivity contribution in [1.29, 1.82) is 0 Å². The van der Waals surface area contributed by atoms with E-state index in [0.717, 1.165) is 22.5 Å². The van der Waals surface area contributed by atoms with Gasteiger partial charge in [0.15, 0.2) is 5.84 Å². The molecule has 0 aliphatic carbocycles. The number of benzene rings is 3. The van der Waals surface area contributed by atoms with Gasteiger partial charge in [-0.15, -0.1) is 0 Å². The summed E-state index contributed by atoms with van der Waals surface area (Å²) in [6.45, 7) is -0.388. The molecular formula is C28H25ClF3N3O8S. The monoisotopic (exact) mass is 655 g/mol. The van der Waals surface area contributed by atoms with E-state index in [4.69, 9.17) is 21.1 Å². The fourth-order valence-corrected chi connectivity index (χ4v) is 6.19. The molecule has 44 heavy (non-hydrogen) atoms. The quantitative estimate of drug-likeness (QED) is 0.115. The third kappa shape index (κ3) is 6.83. The van der Waals surface area contributed by atoms with Crippen molar-refractivity contribution < 1.29 is 50.6 Å². The number of alkyl halides is 3. The van der Waals surface area contributed by atoms with Gasteiger partial charge in [0.25, 0.3) is 15.9 Å². The Morgan fingerprint density at radius 2 is 1.86 bits per heavy atom. The molecule has 0 aromatic heterocycles. The minimum absolute atomic E-state index is 0.00167. The molecule has 11 nitrogen and oxygen atoms in total. The fraction of sp³-hybridized carbons (Fsp3) is 0.250. The normalized spacial score (nSPS) is 15.2. The molecule has 0 bridgehead atoms. The van der Waals surface area contributed by atoms with Crippen LogP contribution in [0.2, 0.25) is 5.02 Å². The van der Waals surface area contributed by atoms with Gasteiger partial charge in [-0.05, 0) is 55.0 Å². The van der Waals surface area contributed by atoms with E-state index in [0.29, 0.717) is 6.07 Å². The summed E-state index contributed by atoms with van der Waals surface area (Å²) in [5.74, 6) is -1.67. The zero-order chi connectivity index (χ0) is 32.2. The topological polar surface area (TPSA) is 144 Å². The van der Waals surface area contributed by atoms with E-state index in [1.165, 1.54) is 44.6 Å². The predicted octanol–water partition coefficient (Wildman–Crippen LogP) is 4.84. The molecular weight excluding hydrogens is 631 g/mol. The summed E-state index contributed by atoms with van der Waals surface area (Å²) in [4.78, 5) is 24.2. The highest BCUT2D eigenvalue weighted by Crippen LogP contribution is 2.40. The number of rotatable bonds is 8. The molecule has 234 valence electrons. The average Bonchev–Trinajstić information content (AvgIpc) is 3.01. The maximum atomic E-state index is 13.8. The van der Waals surface area contributed by atoms with E-state index < -0.39 is 50.5 Å². The molecule has 0 radical (unpaired) electrons. The zero-order valence-electron chi connectivity index (χ0n) is 23.1. The van der Waals surface area contributed by atoms with Crippen LogP contribution in [-0.4, -0.2) is 58.2 Å². The zero-order valence-corrected chi connectivity index (χ0v) is 24.7. The van der Waals surface area contributed by atoms with Gasteiger partial charge in [0, 0.05) is 12.0 Å². The van der Waals surface area contributed by atoms with Gasteiger partial charge >= 0.3 is 12.1 Å². The van der Waals surface area contributed by atoms with Gasteiger partial charge < -0.3 is 24.7 Å². The van der Waals surface area contributed by atoms with Gasteiger partial charge in [-0.25, -0.2) is 8.42 Å². The van der Waals surface area contributed by atoms with Crippen molar-refractivity contribution in [3.8, 4) is 11.5 Å². The molecule has 1 aliphatic rings. The second-order valence-electron chi connectivity index (χ2n) is 9.32. The SMILES string of the molecule is COC(=O)CC[C@H]1CN(S(=O)(=O)c2cccc(C(F)(F)F)c2)c2cc(/C(=N\O)NC(=O)c3c(Cl)cccc3OC)ccc2O1. The Morgan fingerprint density at radius 1 is 1.14 bits per heavy atom. The Hall–Kier alpha value is -4.50. The smallest absolute Gasteiger partial charge is 0.416 e. The number of amides is 1. The number of halogens is 4. The Balaban J connectivity index is 1.75. The Morgan fingerprint density at radius 3 is 2.52 bits per heavy atom. The first kappa shape index (κ1) is 32.4. The molecule has 2 N–H and O–H groups in total. The van der Waals surface area contributed by atoms with E-state index in [9.17, 15) is 36.4 Å². The summed E-state index contributed by atoms with van der Waals surface area (Å²) in [6, 6.07) is 11.6. The molecule has 1 atom stereocenters.